The van der Waals surface area contributed by atoms with Crippen LogP contribution in [0, 0.1) is 0 Å². The van der Waals surface area contributed by atoms with Crippen molar-refractivity contribution in [3.63, 3.8) is 0 Å². The Hall–Kier alpha value is -1.78. The van der Waals surface area contributed by atoms with Gasteiger partial charge in [0.05, 0.1) is 5.56 Å². The van der Waals surface area contributed by atoms with E-state index in [0.717, 1.165) is 12.2 Å². The van der Waals surface area contributed by atoms with Gasteiger partial charge in [-0.2, -0.15) is 0 Å². The highest BCUT2D eigenvalue weighted by molar-refractivity contribution is 6.01. The van der Waals surface area contributed by atoms with Gasteiger partial charge in [0.1, 0.15) is 5.82 Å². The second kappa shape index (κ2) is 5.34. The second-order valence-electron chi connectivity index (χ2n) is 3.73. The predicted octanol–water partition coefficient (Wildman–Crippen LogP) is 1.41. The third kappa shape index (κ3) is 2.42. The molecule has 0 bridgehead atoms. The lowest BCUT2D eigenvalue weighted by Crippen LogP contribution is -2.31. The summed E-state index contributed by atoms with van der Waals surface area (Å²) in [4.78, 5) is 6.29. The van der Waals surface area contributed by atoms with E-state index in [1.807, 2.05) is 11.9 Å². The molecule has 0 fully saturated rings. The van der Waals surface area contributed by atoms with Crippen molar-refractivity contribution in [2.24, 2.45) is 10.9 Å². The fourth-order valence-electron chi connectivity index (χ4n) is 1.41. The largest absolute Gasteiger partial charge is 0.409 e. The Kier molecular flexibility index (Phi) is 4.10. The number of nitrogens with two attached hydrogens (primary N) is 1. The maximum Gasteiger partial charge on any atom is 0.173 e. The van der Waals surface area contributed by atoms with Gasteiger partial charge < -0.3 is 15.8 Å². The fourth-order valence-corrected chi connectivity index (χ4v) is 1.41. The molecule has 0 saturated carbocycles. The van der Waals surface area contributed by atoms with Gasteiger partial charge in [-0.3, -0.25) is 0 Å². The van der Waals surface area contributed by atoms with Crippen LogP contribution in [-0.2, 0) is 0 Å². The van der Waals surface area contributed by atoms with Crippen molar-refractivity contribution in [1.82, 2.24) is 4.98 Å². The molecule has 88 valence electrons. The van der Waals surface area contributed by atoms with Crippen LogP contribution in [0.4, 0.5) is 5.82 Å². The Bertz CT molecular complexity index is 378. The van der Waals surface area contributed by atoms with E-state index < -0.39 is 0 Å². The Morgan fingerprint density at radius 1 is 1.69 bits per heavy atom. The van der Waals surface area contributed by atoms with Crippen molar-refractivity contribution >= 4 is 11.7 Å². The molecule has 3 N–H and O–H groups in total. The van der Waals surface area contributed by atoms with Crippen LogP contribution in [0.5, 0.6) is 0 Å². The SMILES string of the molecule is CCC(C)N(C)c1ncccc1/C(N)=N/O. The lowest BCUT2D eigenvalue weighted by molar-refractivity contribution is 0.318. The zero-order chi connectivity index (χ0) is 12.1. The van der Waals surface area contributed by atoms with E-state index in [0.29, 0.717) is 11.6 Å². The van der Waals surface area contributed by atoms with E-state index in [-0.39, 0.29) is 5.84 Å². The van der Waals surface area contributed by atoms with Crippen LogP contribution < -0.4 is 10.6 Å². The quantitative estimate of drug-likeness (QED) is 0.349. The Labute approximate surface area is 95.6 Å². The van der Waals surface area contributed by atoms with Crippen LogP contribution in [0.15, 0.2) is 23.5 Å². The number of amidine groups is 1. The van der Waals surface area contributed by atoms with Crippen LogP contribution >= 0.6 is 0 Å². The first-order chi connectivity index (χ1) is 7.61. The lowest BCUT2D eigenvalue weighted by Gasteiger charge is -2.26. The minimum atomic E-state index is 0.0817. The van der Waals surface area contributed by atoms with Crippen LogP contribution in [0.2, 0.25) is 0 Å². The van der Waals surface area contributed by atoms with Crippen molar-refractivity contribution in [3.8, 4) is 0 Å². The standard InChI is InChI=1S/C11H18N4O/c1-4-8(2)15(3)11-9(10(12)14-16)6-5-7-13-11/h5-8,16H,4H2,1-3H3,(H2,12,14). The first-order valence-electron chi connectivity index (χ1n) is 5.27. The van der Waals surface area contributed by atoms with Crippen molar-refractivity contribution in [3.05, 3.63) is 23.9 Å². The van der Waals surface area contributed by atoms with Crippen molar-refractivity contribution < 1.29 is 5.21 Å². The number of hydrogen-bond donors (Lipinski definition) is 2. The smallest absolute Gasteiger partial charge is 0.173 e. The van der Waals surface area contributed by atoms with E-state index in [2.05, 4.69) is 24.0 Å². The molecule has 0 saturated heterocycles. The van der Waals surface area contributed by atoms with Crippen LogP contribution in [-0.4, -0.2) is 29.1 Å². The molecule has 1 aromatic rings. The predicted molar refractivity (Wildman–Crippen MR) is 64.9 cm³/mol. The van der Waals surface area contributed by atoms with E-state index >= 15 is 0 Å². The molecule has 1 atom stereocenters. The second-order valence-corrected chi connectivity index (χ2v) is 3.73. The summed E-state index contributed by atoms with van der Waals surface area (Å²) in [5.41, 5.74) is 6.25. The first kappa shape index (κ1) is 12.3. The maximum absolute atomic E-state index is 8.71. The van der Waals surface area contributed by atoms with Gasteiger partial charge in [0.15, 0.2) is 5.84 Å². The highest BCUT2D eigenvalue weighted by Crippen LogP contribution is 2.18. The number of pyridine rings is 1. The fraction of sp³-hybridized carbons (Fsp3) is 0.455. The highest BCUT2D eigenvalue weighted by Gasteiger charge is 2.15. The van der Waals surface area contributed by atoms with E-state index in [9.17, 15) is 0 Å². The van der Waals surface area contributed by atoms with E-state index in [1.54, 1.807) is 18.3 Å². The molecule has 0 amide bonds. The molecule has 0 aromatic carbocycles. The zero-order valence-electron chi connectivity index (χ0n) is 9.88. The lowest BCUT2D eigenvalue weighted by atomic mass is 10.2. The molecule has 16 heavy (non-hydrogen) atoms. The molecule has 0 spiro atoms. The average Bonchev–Trinajstić information content (AvgIpc) is 2.35. The summed E-state index contributed by atoms with van der Waals surface area (Å²) in [7, 11) is 1.95. The first-order valence-corrected chi connectivity index (χ1v) is 5.27. The van der Waals surface area contributed by atoms with Crippen molar-refractivity contribution in [2.45, 2.75) is 26.3 Å². The number of rotatable bonds is 4. The van der Waals surface area contributed by atoms with Crippen molar-refractivity contribution in [2.75, 3.05) is 11.9 Å². The Balaban J connectivity index is 3.13. The topological polar surface area (TPSA) is 74.7 Å². The van der Waals surface area contributed by atoms with Gasteiger partial charge in [-0.25, -0.2) is 4.98 Å². The van der Waals surface area contributed by atoms with Gasteiger partial charge in [-0.15, -0.1) is 0 Å². The monoisotopic (exact) mass is 222 g/mol. The molecule has 0 aliphatic heterocycles. The van der Waals surface area contributed by atoms with Crippen LogP contribution in [0.1, 0.15) is 25.8 Å². The van der Waals surface area contributed by atoms with Gasteiger partial charge in [0.25, 0.3) is 0 Å². The number of hydrogen-bond acceptors (Lipinski definition) is 4. The van der Waals surface area contributed by atoms with Gasteiger partial charge in [-0.1, -0.05) is 12.1 Å². The Morgan fingerprint density at radius 2 is 2.38 bits per heavy atom. The summed E-state index contributed by atoms with van der Waals surface area (Å²) in [5, 5.41) is 11.7. The van der Waals surface area contributed by atoms with Crippen LogP contribution in [0.3, 0.4) is 0 Å². The van der Waals surface area contributed by atoms with Gasteiger partial charge in [-0.05, 0) is 25.5 Å². The Morgan fingerprint density at radius 3 is 2.94 bits per heavy atom. The van der Waals surface area contributed by atoms with Gasteiger partial charge >= 0.3 is 0 Å². The molecular formula is C11H18N4O. The molecule has 0 aliphatic rings. The average molecular weight is 222 g/mol. The molecule has 1 rings (SSSR count). The van der Waals surface area contributed by atoms with Crippen LogP contribution in [0.25, 0.3) is 0 Å². The molecular weight excluding hydrogens is 204 g/mol. The summed E-state index contributed by atoms with van der Waals surface area (Å²) in [6, 6.07) is 3.90. The third-order valence-corrected chi connectivity index (χ3v) is 2.76. The summed E-state index contributed by atoms with van der Waals surface area (Å²) in [6.45, 7) is 4.21. The van der Waals surface area contributed by atoms with Crippen molar-refractivity contribution in [1.29, 1.82) is 0 Å². The highest BCUT2D eigenvalue weighted by atomic mass is 16.4. The molecule has 1 heterocycles. The number of anilines is 1. The maximum atomic E-state index is 8.71. The number of oxime groups is 1. The number of nitrogens with zero attached hydrogens (tertiary/aromatic N) is 3. The normalized spacial score (nSPS) is 13.6. The minimum Gasteiger partial charge on any atom is -0.409 e. The van der Waals surface area contributed by atoms with Gasteiger partial charge in [0.2, 0.25) is 0 Å². The summed E-state index contributed by atoms with van der Waals surface area (Å²) in [6.07, 6.45) is 2.70. The summed E-state index contributed by atoms with van der Waals surface area (Å²) >= 11 is 0. The molecule has 1 unspecified atom stereocenters. The molecule has 1 aromatic heterocycles. The summed E-state index contributed by atoms with van der Waals surface area (Å²) in [5.74, 6) is 0.811. The number of aromatic nitrogens is 1. The van der Waals surface area contributed by atoms with Gasteiger partial charge in [0, 0.05) is 19.3 Å². The molecule has 0 radical (unpaired) electrons. The third-order valence-electron chi connectivity index (χ3n) is 2.76. The molecule has 5 nitrogen and oxygen atoms in total. The minimum absolute atomic E-state index is 0.0817. The van der Waals surface area contributed by atoms with E-state index in [4.69, 9.17) is 10.9 Å². The summed E-state index contributed by atoms with van der Waals surface area (Å²) < 4.78 is 0. The molecule has 0 aliphatic carbocycles. The molecule has 5 heteroatoms. The zero-order valence-corrected chi connectivity index (χ0v) is 9.88. The van der Waals surface area contributed by atoms with E-state index in [1.165, 1.54) is 0 Å².